The fraction of sp³-hybridized carbons (Fsp3) is 0.381. The summed E-state index contributed by atoms with van der Waals surface area (Å²) >= 11 is 12.1. The summed E-state index contributed by atoms with van der Waals surface area (Å²) in [5, 5.41) is 3.92. The van der Waals surface area contributed by atoms with E-state index in [1.165, 1.54) is 10.5 Å². The van der Waals surface area contributed by atoms with Gasteiger partial charge in [-0.15, -0.1) is 0 Å². The first-order valence-corrected chi connectivity index (χ1v) is 10.1. The fourth-order valence-electron chi connectivity index (χ4n) is 3.45. The number of carbonyl (C=O) groups is 1. The zero-order valence-electron chi connectivity index (χ0n) is 16.2. The second-order valence-electron chi connectivity index (χ2n) is 7.14. The Kier molecular flexibility index (Phi) is 7.18. The number of quaternary nitrogens is 1. The maximum absolute atomic E-state index is 12.7. The van der Waals surface area contributed by atoms with Gasteiger partial charge in [-0.3, -0.25) is 4.79 Å². The van der Waals surface area contributed by atoms with Gasteiger partial charge in [0.2, 0.25) is 0 Å². The van der Waals surface area contributed by atoms with Crippen LogP contribution in [0.2, 0.25) is 10.0 Å². The van der Waals surface area contributed by atoms with Crippen molar-refractivity contribution in [3.63, 3.8) is 0 Å². The summed E-state index contributed by atoms with van der Waals surface area (Å²) in [6, 6.07) is 13.6. The first kappa shape index (κ1) is 20.9. The van der Waals surface area contributed by atoms with Gasteiger partial charge in [-0.25, -0.2) is 0 Å². The van der Waals surface area contributed by atoms with Crippen LogP contribution in [0.15, 0.2) is 42.5 Å². The quantitative estimate of drug-likeness (QED) is 0.751. The van der Waals surface area contributed by atoms with E-state index in [0.717, 1.165) is 32.0 Å². The minimum atomic E-state index is -0.191. The Bertz CT molecular complexity index is 806. The van der Waals surface area contributed by atoms with Crippen LogP contribution in [0.1, 0.15) is 22.0 Å². The van der Waals surface area contributed by atoms with Crippen molar-refractivity contribution in [1.82, 2.24) is 5.32 Å². The summed E-state index contributed by atoms with van der Waals surface area (Å²) in [5.41, 5.74) is 2.78. The number of hydrogen-bond acceptors (Lipinski definition) is 3. The first-order chi connectivity index (χ1) is 13.5. The molecule has 2 aromatic rings. The van der Waals surface area contributed by atoms with Crippen molar-refractivity contribution in [2.45, 2.75) is 6.04 Å². The van der Waals surface area contributed by atoms with Crippen LogP contribution >= 0.6 is 23.2 Å². The molecule has 2 aromatic carbocycles. The van der Waals surface area contributed by atoms with Crippen molar-refractivity contribution < 1.29 is 14.4 Å². The van der Waals surface area contributed by atoms with Crippen LogP contribution in [0.4, 0.5) is 5.69 Å². The number of hydrogen-bond donors (Lipinski definition) is 2. The average Bonchev–Trinajstić information content (AvgIpc) is 2.69. The lowest BCUT2D eigenvalue weighted by Crippen LogP contribution is -3.15. The van der Waals surface area contributed by atoms with E-state index in [1.807, 2.05) is 14.1 Å². The smallest absolute Gasteiger partial charge is 0.253 e. The molecule has 1 aliphatic rings. The van der Waals surface area contributed by atoms with E-state index in [-0.39, 0.29) is 11.9 Å². The molecule has 28 heavy (non-hydrogen) atoms. The number of rotatable bonds is 6. The van der Waals surface area contributed by atoms with Gasteiger partial charge in [-0.05, 0) is 30.3 Å². The van der Waals surface area contributed by atoms with Gasteiger partial charge in [0, 0.05) is 30.4 Å². The Hall–Kier alpha value is -1.79. The molecule has 1 aliphatic heterocycles. The van der Waals surface area contributed by atoms with E-state index in [2.05, 4.69) is 34.5 Å². The predicted molar refractivity (Wildman–Crippen MR) is 114 cm³/mol. The van der Waals surface area contributed by atoms with E-state index in [1.54, 1.807) is 18.2 Å². The number of morpholine rings is 1. The number of nitrogens with zero attached hydrogens (tertiary/aromatic N) is 1. The van der Waals surface area contributed by atoms with Crippen LogP contribution in [-0.2, 0) is 4.74 Å². The van der Waals surface area contributed by atoms with Gasteiger partial charge in [0.1, 0.15) is 19.1 Å². The Morgan fingerprint density at radius 1 is 1.14 bits per heavy atom. The number of amides is 1. The van der Waals surface area contributed by atoms with Crippen molar-refractivity contribution in [3.05, 3.63) is 63.6 Å². The van der Waals surface area contributed by atoms with Gasteiger partial charge < -0.3 is 19.9 Å². The molecule has 0 saturated carbocycles. The molecular weight excluding hydrogens is 397 g/mol. The second kappa shape index (κ2) is 9.61. The average molecular weight is 423 g/mol. The van der Waals surface area contributed by atoms with Crippen LogP contribution < -0.4 is 15.1 Å². The Morgan fingerprint density at radius 2 is 1.82 bits per heavy atom. The summed E-state index contributed by atoms with van der Waals surface area (Å²) < 4.78 is 5.51. The van der Waals surface area contributed by atoms with Crippen molar-refractivity contribution in [3.8, 4) is 0 Å². The van der Waals surface area contributed by atoms with E-state index in [4.69, 9.17) is 27.9 Å². The lowest BCUT2D eigenvalue weighted by atomic mass is 10.0. The maximum atomic E-state index is 12.7. The summed E-state index contributed by atoms with van der Waals surface area (Å²) in [6.07, 6.45) is 0. The third kappa shape index (κ3) is 5.17. The molecule has 0 bridgehead atoms. The molecule has 1 saturated heterocycles. The molecule has 0 spiro atoms. The topological polar surface area (TPSA) is 46.0 Å². The highest BCUT2D eigenvalue weighted by Gasteiger charge is 2.27. The summed E-state index contributed by atoms with van der Waals surface area (Å²) in [7, 11) is 4.05. The standard InChI is InChI=1S/C21H25Cl2N3O2/c1-25(2)17-6-3-15(4-7-17)20(26-9-11-28-12-10-26)14-24-21(27)18-8-5-16(22)13-19(18)23/h3-8,13,20H,9-12,14H2,1-2H3,(H,24,27)/p+1/t20-/m0/s1. The Morgan fingerprint density at radius 3 is 2.43 bits per heavy atom. The van der Waals surface area contributed by atoms with Gasteiger partial charge >= 0.3 is 0 Å². The van der Waals surface area contributed by atoms with Gasteiger partial charge in [-0.1, -0.05) is 35.3 Å². The van der Waals surface area contributed by atoms with Crippen LogP contribution in [0, 0.1) is 0 Å². The maximum Gasteiger partial charge on any atom is 0.253 e. The number of nitrogens with one attached hydrogen (secondary N) is 2. The zero-order chi connectivity index (χ0) is 20.1. The largest absolute Gasteiger partial charge is 0.378 e. The lowest BCUT2D eigenvalue weighted by molar-refractivity contribution is -0.937. The summed E-state index contributed by atoms with van der Waals surface area (Å²) in [4.78, 5) is 16.1. The molecule has 2 N–H and O–H groups in total. The highest BCUT2D eigenvalue weighted by molar-refractivity contribution is 6.36. The van der Waals surface area contributed by atoms with E-state index < -0.39 is 0 Å². The molecule has 1 atom stereocenters. The van der Waals surface area contributed by atoms with Gasteiger partial charge in [0.15, 0.2) is 0 Å². The van der Waals surface area contributed by atoms with Crippen LogP contribution in [-0.4, -0.2) is 52.9 Å². The molecular formula is C21H26Cl2N3O2+. The van der Waals surface area contributed by atoms with Crippen molar-refractivity contribution in [2.75, 3.05) is 51.8 Å². The fourth-order valence-corrected chi connectivity index (χ4v) is 3.94. The van der Waals surface area contributed by atoms with Gasteiger partial charge in [0.05, 0.1) is 30.3 Å². The van der Waals surface area contributed by atoms with Crippen molar-refractivity contribution >= 4 is 34.8 Å². The van der Waals surface area contributed by atoms with Crippen LogP contribution in [0.25, 0.3) is 0 Å². The normalized spacial score (nSPS) is 15.9. The predicted octanol–water partition coefficient (Wildman–Crippen LogP) is 2.45. The Labute approximate surface area is 176 Å². The molecule has 0 radical (unpaired) electrons. The molecule has 150 valence electrons. The minimum Gasteiger partial charge on any atom is -0.378 e. The number of benzene rings is 2. The molecule has 7 heteroatoms. The molecule has 0 aliphatic carbocycles. The monoisotopic (exact) mass is 422 g/mol. The molecule has 3 rings (SSSR count). The highest BCUT2D eigenvalue weighted by atomic mass is 35.5. The van der Waals surface area contributed by atoms with Crippen LogP contribution in [0.3, 0.4) is 0 Å². The van der Waals surface area contributed by atoms with Crippen molar-refractivity contribution in [1.29, 1.82) is 0 Å². The number of anilines is 1. The van der Waals surface area contributed by atoms with Gasteiger partial charge in [0.25, 0.3) is 5.91 Å². The number of carbonyl (C=O) groups excluding carboxylic acids is 1. The zero-order valence-corrected chi connectivity index (χ0v) is 17.7. The lowest BCUT2D eigenvalue weighted by Gasteiger charge is -2.32. The van der Waals surface area contributed by atoms with Gasteiger partial charge in [-0.2, -0.15) is 0 Å². The SMILES string of the molecule is CN(C)c1ccc([C@H](CNC(=O)c2ccc(Cl)cc2Cl)[NH+]2CCOCC2)cc1. The highest BCUT2D eigenvalue weighted by Crippen LogP contribution is 2.21. The molecule has 0 aromatic heterocycles. The molecule has 1 heterocycles. The van der Waals surface area contributed by atoms with E-state index in [9.17, 15) is 4.79 Å². The molecule has 5 nitrogen and oxygen atoms in total. The third-order valence-corrected chi connectivity index (χ3v) is 5.63. The molecule has 1 fully saturated rings. The van der Waals surface area contributed by atoms with E-state index in [0.29, 0.717) is 22.2 Å². The summed E-state index contributed by atoms with van der Waals surface area (Å²) in [6.45, 7) is 3.82. The number of halogens is 2. The number of ether oxygens (including phenoxy) is 1. The van der Waals surface area contributed by atoms with Crippen LogP contribution in [0.5, 0.6) is 0 Å². The van der Waals surface area contributed by atoms with Crippen molar-refractivity contribution in [2.24, 2.45) is 0 Å². The molecule has 1 amide bonds. The Balaban J connectivity index is 1.76. The minimum absolute atomic E-state index is 0.148. The second-order valence-corrected chi connectivity index (χ2v) is 7.99. The first-order valence-electron chi connectivity index (χ1n) is 9.38. The molecule has 0 unspecified atom stereocenters. The summed E-state index contributed by atoms with van der Waals surface area (Å²) in [5.74, 6) is -0.191. The van der Waals surface area contributed by atoms with E-state index >= 15 is 0 Å². The third-order valence-electron chi connectivity index (χ3n) is 5.08.